The molecule has 15 heavy (non-hydrogen) atoms. The van der Waals surface area contributed by atoms with Gasteiger partial charge in [0.2, 0.25) is 0 Å². The van der Waals surface area contributed by atoms with Crippen LogP contribution in [-0.2, 0) is 10.8 Å². The van der Waals surface area contributed by atoms with Gasteiger partial charge in [0.25, 0.3) is 0 Å². The van der Waals surface area contributed by atoms with Crippen LogP contribution in [0.25, 0.3) is 0 Å². The summed E-state index contributed by atoms with van der Waals surface area (Å²) in [4.78, 5) is 0. The van der Waals surface area contributed by atoms with Crippen molar-refractivity contribution in [3.8, 4) is 0 Å². The van der Waals surface area contributed by atoms with Crippen LogP contribution in [0.2, 0.25) is 0 Å². The van der Waals surface area contributed by atoms with Gasteiger partial charge in [0.15, 0.2) is 0 Å². The van der Waals surface area contributed by atoms with Crippen molar-refractivity contribution in [1.29, 1.82) is 0 Å². The third kappa shape index (κ3) is 9.06. The van der Waals surface area contributed by atoms with Gasteiger partial charge < -0.3 is 5.32 Å². The van der Waals surface area contributed by atoms with Crippen LogP contribution in [0.4, 0.5) is 0 Å². The van der Waals surface area contributed by atoms with E-state index in [9.17, 15) is 4.21 Å². The quantitative estimate of drug-likeness (QED) is 0.620. The number of hydrogen-bond donors (Lipinski definition) is 1. The van der Waals surface area contributed by atoms with Crippen LogP contribution in [0.3, 0.4) is 0 Å². The standard InChI is InChI=1S/C12H27NOS/c1-5-11(3)10-12(6-2)13-8-7-9-15(4)14/h11-13H,5-10H2,1-4H3. The van der Waals surface area contributed by atoms with E-state index in [1.807, 2.05) is 0 Å². The number of nitrogens with one attached hydrogen (secondary N) is 1. The molecule has 2 nitrogen and oxygen atoms in total. The molecule has 92 valence electrons. The van der Waals surface area contributed by atoms with Crippen LogP contribution in [-0.4, -0.2) is 28.8 Å². The third-order valence-corrected chi connectivity index (χ3v) is 3.78. The molecule has 0 amide bonds. The second-order valence-corrected chi connectivity index (χ2v) is 5.99. The van der Waals surface area contributed by atoms with Crippen molar-refractivity contribution in [2.75, 3.05) is 18.6 Å². The molecule has 0 aliphatic carbocycles. The highest BCUT2D eigenvalue weighted by Crippen LogP contribution is 2.11. The van der Waals surface area contributed by atoms with E-state index in [-0.39, 0.29) is 0 Å². The van der Waals surface area contributed by atoms with Crippen LogP contribution < -0.4 is 5.32 Å². The summed E-state index contributed by atoms with van der Waals surface area (Å²) in [5.74, 6) is 1.63. The summed E-state index contributed by atoms with van der Waals surface area (Å²) in [5, 5.41) is 3.56. The fourth-order valence-corrected chi connectivity index (χ4v) is 2.18. The van der Waals surface area contributed by atoms with Gasteiger partial charge in [-0.25, -0.2) is 0 Å². The van der Waals surface area contributed by atoms with Crippen molar-refractivity contribution in [1.82, 2.24) is 5.32 Å². The van der Waals surface area contributed by atoms with Gasteiger partial charge in [0.05, 0.1) is 0 Å². The van der Waals surface area contributed by atoms with Crippen molar-refractivity contribution in [2.24, 2.45) is 5.92 Å². The monoisotopic (exact) mass is 233 g/mol. The Labute approximate surface area is 97.7 Å². The molecule has 0 aromatic carbocycles. The Morgan fingerprint density at radius 3 is 2.40 bits per heavy atom. The minimum Gasteiger partial charge on any atom is -0.314 e. The second-order valence-electron chi connectivity index (χ2n) is 4.44. The zero-order chi connectivity index (χ0) is 11.7. The molecule has 3 heteroatoms. The molecular weight excluding hydrogens is 206 g/mol. The van der Waals surface area contributed by atoms with E-state index in [4.69, 9.17) is 0 Å². The van der Waals surface area contributed by atoms with Gasteiger partial charge in [0.1, 0.15) is 0 Å². The summed E-state index contributed by atoms with van der Waals surface area (Å²) >= 11 is 0. The zero-order valence-corrected chi connectivity index (χ0v) is 11.5. The Hall–Kier alpha value is 0.110. The fourth-order valence-electron chi connectivity index (χ4n) is 1.63. The molecule has 0 rings (SSSR count). The maximum atomic E-state index is 10.9. The van der Waals surface area contributed by atoms with Gasteiger partial charge in [-0.2, -0.15) is 0 Å². The lowest BCUT2D eigenvalue weighted by molar-refractivity contribution is 0.386. The second kappa shape index (κ2) is 9.34. The van der Waals surface area contributed by atoms with Crippen LogP contribution >= 0.6 is 0 Å². The predicted octanol–water partition coefficient (Wildman–Crippen LogP) is 2.56. The van der Waals surface area contributed by atoms with E-state index in [0.29, 0.717) is 6.04 Å². The molecule has 0 radical (unpaired) electrons. The highest BCUT2D eigenvalue weighted by Gasteiger charge is 2.09. The third-order valence-electron chi connectivity index (χ3n) is 2.92. The first kappa shape index (κ1) is 15.1. The van der Waals surface area contributed by atoms with Crippen molar-refractivity contribution in [2.45, 2.75) is 52.5 Å². The molecule has 0 aliphatic rings. The number of hydrogen-bond acceptors (Lipinski definition) is 2. The first-order chi connectivity index (χ1) is 7.10. The normalized spacial score (nSPS) is 17.3. The molecule has 0 saturated carbocycles. The topological polar surface area (TPSA) is 29.1 Å². The Morgan fingerprint density at radius 1 is 1.27 bits per heavy atom. The average Bonchev–Trinajstić information content (AvgIpc) is 2.21. The molecule has 0 aromatic heterocycles. The minimum absolute atomic E-state index is 0.635. The molecule has 3 atom stereocenters. The summed E-state index contributed by atoms with van der Waals surface area (Å²) in [6, 6.07) is 0.644. The summed E-state index contributed by atoms with van der Waals surface area (Å²) in [5.41, 5.74) is 0. The fraction of sp³-hybridized carbons (Fsp3) is 1.00. The van der Waals surface area contributed by atoms with E-state index < -0.39 is 10.8 Å². The molecular formula is C12H27NOS. The largest absolute Gasteiger partial charge is 0.314 e. The highest BCUT2D eigenvalue weighted by molar-refractivity contribution is 7.84. The molecule has 0 aliphatic heterocycles. The Kier molecular flexibility index (Phi) is 9.41. The Bertz CT molecular complexity index is 173. The van der Waals surface area contributed by atoms with E-state index in [1.54, 1.807) is 6.26 Å². The van der Waals surface area contributed by atoms with Crippen LogP contribution in [0, 0.1) is 5.92 Å². The van der Waals surface area contributed by atoms with Gasteiger partial charge in [-0.1, -0.05) is 27.2 Å². The van der Waals surface area contributed by atoms with Crippen molar-refractivity contribution in [3.05, 3.63) is 0 Å². The molecule has 0 bridgehead atoms. The van der Waals surface area contributed by atoms with Crippen molar-refractivity contribution in [3.63, 3.8) is 0 Å². The SMILES string of the molecule is CCC(C)CC(CC)NCCCS(C)=O. The molecule has 3 unspecified atom stereocenters. The van der Waals surface area contributed by atoms with Crippen molar-refractivity contribution >= 4 is 10.8 Å². The lowest BCUT2D eigenvalue weighted by Crippen LogP contribution is -2.31. The lowest BCUT2D eigenvalue weighted by atomic mass is 9.98. The maximum absolute atomic E-state index is 10.9. The van der Waals surface area contributed by atoms with Gasteiger partial charge in [0, 0.05) is 28.9 Å². The Balaban J connectivity index is 3.56. The average molecular weight is 233 g/mol. The molecule has 0 saturated heterocycles. The first-order valence-corrected chi connectivity index (χ1v) is 7.86. The Morgan fingerprint density at radius 2 is 1.93 bits per heavy atom. The van der Waals surface area contributed by atoms with Gasteiger partial charge >= 0.3 is 0 Å². The zero-order valence-electron chi connectivity index (χ0n) is 10.7. The summed E-state index contributed by atoms with van der Waals surface area (Å²) in [6.07, 6.45) is 6.52. The molecule has 0 fully saturated rings. The van der Waals surface area contributed by atoms with Gasteiger partial charge in [-0.05, 0) is 31.7 Å². The first-order valence-electron chi connectivity index (χ1n) is 6.13. The van der Waals surface area contributed by atoms with E-state index >= 15 is 0 Å². The van der Waals surface area contributed by atoms with Crippen LogP contribution in [0.1, 0.15) is 46.5 Å². The van der Waals surface area contributed by atoms with Gasteiger partial charge in [-0.3, -0.25) is 4.21 Å². The molecule has 1 N–H and O–H groups in total. The van der Waals surface area contributed by atoms with E-state index in [1.165, 1.54) is 19.3 Å². The van der Waals surface area contributed by atoms with E-state index in [0.717, 1.165) is 24.6 Å². The van der Waals surface area contributed by atoms with Crippen molar-refractivity contribution < 1.29 is 4.21 Å². The summed E-state index contributed by atoms with van der Waals surface area (Å²) in [7, 11) is -0.635. The van der Waals surface area contributed by atoms with E-state index in [2.05, 4.69) is 26.1 Å². The highest BCUT2D eigenvalue weighted by atomic mass is 32.2. The smallest absolute Gasteiger partial charge is 0.0244 e. The lowest BCUT2D eigenvalue weighted by Gasteiger charge is -2.20. The van der Waals surface area contributed by atoms with Gasteiger partial charge in [-0.15, -0.1) is 0 Å². The predicted molar refractivity (Wildman–Crippen MR) is 69.7 cm³/mol. The van der Waals surface area contributed by atoms with Crippen LogP contribution in [0.5, 0.6) is 0 Å². The summed E-state index contributed by atoms with van der Waals surface area (Å²) < 4.78 is 10.9. The van der Waals surface area contributed by atoms with Crippen LogP contribution in [0.15, 0.2) is 0 Å². The number of rotatable bonds is 9. The minimum atomic E-state index is -0.635. The molecule has 0 heterocycles. The molecule has 0 spiro atoms. The summed E-state index contributed by atoms with van der Waals surface area (Å²) in [6.45, 7) is 7.80. The maximum Gasteiger partial charge on any atom is 0.0244 e. The molecule has 0 aromatic rings.